The lowest BCUT2D eigenvalue weighted by Crippen LogP contribution is -2.32. The van der Waals surface area contributed by atoms with E-state index in [1.807, 2.05) is 0 Å². The second kappa shape index (κ2) is 6.83. The molecule has 1 rings (SSSR count). The molecule has 88 valence electrons. The summed E-state index contributed by atoms with van der Waals surface area (Å²) in [5.41, 5.74) is 0. The van der Waals surface area contributed by atoms with Gasteiger partial charge in [0.1, 0.15) is 0 Å². The first-order valence-electron chi connectivity index (χ1n) is 6.16. The zero-order valence-electron chi connectivity index (χ0n) is 9.74. The lowest BCUT2D eigenvalue weighted by atomic mass is 10.0. The Bertz CT molecular complexity index is 188. The van der Waals surface area contributed by atoms with Crippen LogP contribution < -0.4 is 0 Å². The molecule has 0 amide bonds. The average Bonchev–Trinajstić information content (AvgIpc) is 2.66. The highest BCUT2D eigenvalue weighted by molar-refractivity contribution is 5.69. The number of carbonyl (C=O) groups is 1. The molecule has 0 bridgehead atoms. The lowest BCUT2D eigenvalue weighted by Gasteiger charge is -2.21. The molecule has 1 aliphatic rings. The first kappa shape index (κ1) is 12.5. The summed E-state index contributed by atoms with van der Waals surface area (Å²) in [6.45, 7) is 4.19. The largest absolute Gasteiger partial charge is 0.480 e. The Morgan fingerprint density at radius 1 is 1.33 bits per heavy atom. The van der Waals surface area contributed by atoms with Gasteiger partial charge in [-0.1, -0.05) is 32.6 Å². The first-order chi connectivity index (χ1) is 7.22. The minimum absolute atomic E-state index is 0.209. The fraction of sp³-hybridized carbons (Fsp3) is 0.917. The number of nitrogens with zero attached hydrogens (tertiary/aromatic N) is 1. The second-order valence-corrected chi connectivity index (χ2v) is 4.61. The maximum atomic E-state index is 10.6. The van der Waals surface area contributed by atoms with Gasteiger partial charge in [0.05, 0.1) is 6.54 Å². The van der Waals surface area contributed by atoms with Crippen LogP contribution in [-0.4, -0.2) is 35.6 Å². The van der Waals surface area contributed by atoms with Crippen molar-refractivity contribution in [2.45, 2.75) is 45.4 Å². The zero-order chi connectivity index (χ0) is 11.1. The smallest absolute Gasteiger partial charge is 0.317 e. The van der Waals surface area contributed by atoms with E-state index >= 15 is 0 Å². The van der Waals surface area contributed by atoms with Crippen molar-refractivity contribution in [1.29, 1.82) is 0 Å². The van der Waals surface area contributed by atoms with Gasteiger partial charge in [0.15, 0.2) is 0 Å². The van der Waals surface area contributed by atoms with Crippen LogP contribution in [-0.2, 0) is 4.79 Å². The Hall–Kier alpha value is -0.570. The number of carboxylic acids is 1. The fourth-order valence-corrected chi connectivity index (χ4v) is 2.44. The molecule has 0 aromatic rings. The summed E-state index contributed by atoms with van der Waals surface area (Å²) >= 11 is 0. The molecule has 0 radical (unpaired) electrons. The topological polar surface area (TPSA) is 40.5 Å². The summed E-state index contributed by atoms with van der Waals surface area (Å²) in [5, 5.41) is 8.76. The third-order valence-electron chi connectivity index (χ3n) is 3.23. The van der Waals surface area contributed by atoms with E-state index in [4.69, 9.17) is 5.11 Å². The van der Waals surface area contributed by atoms with Gasteiger partial charge < -0.3 is 5.11 Å². The predicted molar refractivity (Wildman–Crippen MR) is 60.9 cm³/mol. The van der Waals surface area contributed by atoms with Crippen LogP contribution in [0.15, 0.2) is 0 Å². The van der Waals surface area contributed by atoms with Crippen LogP contribution in [0.3, 0.4) is 0 Å². The molecule has 0 atom stereocenters. The van der Waals surface area contributed by atoms with Crippen molar-refractivity contribution in [1.82, 2.24) is 4.90 Å². The van der Waals surface area contributed by atoms with E-state index < -0.39 is 5.97 Å². The molecule has 0 unspecified atom stereocenters. The standard InChI is InChI=1S/C12H23NO2/c1-2-8-13(10-12(14)15)9-7-11-5-3-4-6-11/h11H,2-10H2,1H3,(H,14,15). The molecule has 1 saturated carbocycles. The Labute approximate surface area is 92.5 Å². The molecule has 1 fully saturated rings. The quantitative estimate of drug-likeness (QED) is 0.705. The third-order valence-corrected chi connectivity index (χ3v) is 3.23. The SMILES string of the molecule is CCCN(CCC1CCCC1)CC(=O)O. The average molecular weight is 213 g/mol. The van der Waals surface area contributed by atoms with Crippen LogP contribution in [0.25, 0.3) is 0 Å². The highest BCUT2D eigenvalue weighted by atomic mass is 16.4. The van der Waals surface area contributed by atoms with Crippen LogP contribution >= 0.6 is 0 Å². The summed E-state index contributed by atoms with van der Waals surface area (Å²) in [7, 11) is 0. The van der Waals surface area contributed by atoms with Crippen molar-refractivity contribution < 1.29 is 9.90 Å². The molecule has 0 heterocycles. The molecule has 0 aromatic heterocycles. The van der Waals surface area contributed by atoms with E-state index in [0.29, 0.717) is 0 Å². The Kier molecular flexibility index (Phi) is 5.69. The van der Waals surface area contributed by atoms with Gasteiger partial charge in [-0.3, -0.25) is 9.69 Å². The van der Waals surface area contributed by atoms with Crippen LogP contribution in [0.4, 0.5) is 0 Å². The molecule has 0 saturated heterocycles. The van der Waals surface area contributed by atoms with Gasteiger partial charge in [-0.15, -0.1) is 0 Å². The maximum Gasteiger partial charge on any atom is 0.317 e. The number of aliphatic carboxylic acids is 1. The molecule has 0 aromatic carbocycles. The van der Waals surface area contributed by atoms with Gasteiger partial charge in [0.25, 0.3) is 0 Å². The van der Waals surface area contributed by atoms with Crippen LogP contribution in [0, 0.1) is 5.92 Å². The first-order valence-corrected chi connectivity index (χ1v) is 6.16. The van der Waals surface area contributed by atoms with E-state index in [9.17, 15) is 4.79 Å². The van der Waals surface area contributed by atoms with E-state index in [0.717, 1.165) is 25.4 Å². The Morgan fingerprint density at radius 2 is 2.00 bits per heavy atom. The van der Waals surface area contributed by atoms with Crippen molar-refractivity contribution in [2.24, 2.45) is 5.92 Å². The minimum atomic E-state index is -0.699. The molecule has 15 heavy (non-hydrogen) atoms. The van der Waals surface area contributed by atoms with Gasteiger partial charge in [-0.05, 0) is 31.8 Å². The summed E-state index contributed by atoms with van der Waals surface area (Å²) < 4.78 is 0. The predicted octanol–water partition coefficient (Wildman–Crippen LogP) is 2.36. The van der Waals surface area contributed by atoms with Crippen LogP contribution in [0.5, 0.6) is 0 Å². The molecule has 0 aliphatic heterocycles. The normalized spacial score (nSPS) is 17.5. The minimum Gasteiger partial charge on any atom is -0.480 e. The number of rotatable bonds is 7. The fourth-order valence-electron chi connectivity index (χ4n) is 2.44. The molecule has 1 N–H and O–H groups in total. The molecule has 1 aliphatic carbocycles. The third kappa shape index (κ3) is 5.17. The lowest BCUT2D eigenvalue weighted by molar-refractivity contribution is -0.138. The highest BCUT2D eigenvalue weighted by Gasteiger charge is 2.16. The summed E-state index contributed by atoms with van der Waals surface area (Å²) in [4.78, 5) is 12.7. The second-order valence-electron chi connectivity index (χ2n) is 4.61. The molecule has 3 nitrogen and oxygen atoms in total. The van der Waals surface area contributed by atoms with Gasteiger partial charge >= 0.3 is 5.97 Å². The van der Waals surface area contributed by atoms with Crippen molar-refractivity contribution in [3.63, 3.8) is 0 Å². The Balaban J connectivity index is 2.20. The molecule has 0 spiro atoms. The van der Waals surface area contributed by atoms with Gasteiger partial charge in [0, 0.05) is 0 Å². The zero-order valence-corrected chi connectivity index (χ0v) is 9.74. The maximum absolute atomic E-state index is 10.6. The van der Waals surface area contributed by atoms with Crippen LogP contribution in [0.2, 0.25) is 0 Å². The Morgan fingerprint density at radius 3 is 2.53 bits per heavy atom. The number of carboxylic acid groups (broad SMARTS) is 1. The summed E-state index contributed by atoms with van der Waals surface area (Å²) in [6.07, 6.45) is 7.68. The van der Waals surface area contributed by atoms with E-state index in [-0.39, 0.29) is 6.54 Å². The molecular formula is C12H23NO2. The van der Waals surface area contributed by atoms with Gasteiger partial charge in [-0.2, -0.15) is 0 Å². The van der Waals surface area contributed by atoms with E-state index in [1.54, 1.807) is 0 Å². The molecule has 3 heteroatoms. The van der Waals surface area contributed by atoms with Crippen molar-refractivity contribution >= 4 is 5.97 Å². The van der Waals surface area contributed by atoms with Crippen molar-refractivity contribution in [2.75, 3.05) is 19.6 Å². The van der Waals surface area contributed by atoms with E-state index in [1.165, 1.54) is 32.1 Å². The summed E-state index contributed by atoms with van der Waals surface area (Å²) in [5.74, 6) is 0.160. The van der Waals surface area contributed by atoms with Crippen LogP contribution in [0.1, 0.15) is 45.4 Å². The van der Waals surface area contributed by atoms with Gasteiger partial charge in [-0.25, -0.2) is 0 Å². The monoisotopic (exact) mass is 213 g/mol. The number of hydrogen-bond acceptors (Lipinski definition) is 2. The molecular weight excluding hydrogens is 190 g/mol. The highest BCUT2D eigenvalue weighted by Crippen LogP contribution is 2.27. The van der Waals surface area contributed by atoms with Crippen molar-refractivity contribution in [3.8, 4) is 0 Å². The number of hydrogen-bond donors (Lipinski definition) is 1. The van der Waals surface area contributed by atoms with Crippen molar-refractivity contribution in [3.05, 3.63) is 0 Å². The summed E-state index contributed by atoms with van der Waals surface area (Å²) in [6, 6.07) is 0. The van der Waals surface area contributed by atoms with E-state index in [2.05, 4.69) is 11.8 Å². The van der Waals surface area contributed by atoms with Gasteiger partial charge in [0.2, 0.25) is 0 Å².